The average molecular weight is 366 g/mol. The molecule has 2 N–H and O–H groups in total. The van der Waals surface area contributed by atoms with Crippen molar-refractivity contribution in [2.75, 3.05) is 25.0 Å². The van der Waals surface area contributed by atoms with Gasteiger partial charge in [-0.1, -0.05) is 30.3 Å². The summed E-state index contributed by atoms with van der Waals surface area (Å²) in [6, 6.07) is 13.3. The smallest absolute Gasteiger partial charge is 0.248 e. The molecule has 2 heterocycles. The van der Waals surface area contributed by atoms with Crippen LogP contribution in [0.1, 0.15) is 24.1 Å². The van der Waals surface area contributed by atoms with E-state index < -0.39 is 6.04 Å². The Kier molecular flexibility index (Phi) is 6.54. The van der Waals surface area contributed by atoms with E-state index in [1.165, 1.54) is 5.56 Å². The number of aromatic nitrogens is 1. The lowest BCUT2D eigenvalue weighted by Crippen LogP contribution is -2.58. The van der Waals surface area contributed by atoms with Crippen LogP contribution < -0.4 is 10.6 Å². The molecule has 1 saturated heterocycles. The summed E-state index contributed by atoms with van der Waals surface area (Å²) in [4.78, 5) is 31.3. The summed E-state index contributed by atoms with van der Waals surface area (Å²) in [5.74, 6) is -0.140. The van der Waals surface area contributed by atoms with Crippen molar-refractivity contribution in [1.82, 2.24) is 15.2 Å². The molecule has 0 radical (unpaired) electrons. The second-order valence-electron chi connectivity index (χ2n) is 6.82. The molecule has 0 unspecified atom stereocenters. The van der Waals surface area contributed by atoms with E-state index in [4.69, 9.17) is 0 Å². The van der Waals surface area contributed by atoms with E-state index >= 15 is 0 Å². The molecule has 2 aromatic rings. The van der Waals surface area contributed by atoms with Crippen molar-refractivity contribution in [3.05, 3.63) is 59.9 Å². The molecule has 1 aliphatic rings. The molecule has 2 amide bonds. The fraction of sp³-hybridized carbons (Fsp3) is 0.381. The van der Waals surface area contributed by atoms with Crippen molar-refractivity contribution in [2.24, 2.45) is 0 Å². The lowest BCUT2D eigenvalue weighted by Gasteiger charge is -2.35. The number of hydrogen-bond donors (Lipinski definition) is 2. The third-order valence-corrected chi connectivity index (χ3v) is 4.74. The minimum atomic E-state index is -0.496. The normalized spacial score (nSPS) is 16.8. The summed E-state index contributed by atoms with van der Waals surface area (Å²) in [7, 11) is 0. The number of nitrogens with zero attached hydrogens (tertiary/aromatic N) is 2. The van der Waals surface area contributed by atoms with E-state index in [1.54, 1.807) is 11.1 Å². The van der Waals surface area contributed by atoms with Gasteiger partial charge in [0.2, 0.25) is 11.8 Å². The fourth-order valence-corrected chi connectivity index (χ4v) is 3.24. The zero-order valence-electron chi connectivity index (χ0n) is 15.6. The predicted molar refractivity (Wildman–Crippen MR) is 105 cm³/mol. The van der Waals surface area contributed by atoms with Crippen LogP contribution in [0.2, 0.25) is 0 Å². The Hall–Kier alpha value is -2.73. The summed E-state index contributed by atoms with van der Waals surface area (Å²) in [5.41, 5.74) is 2.77. The van der Waals surface area contributed by atoms with Crippen LogP contribution in [-0.2, 0) is 16.0 Å². The fourth-order valence-electron chi connectivity index (χ4n) is 3.24. The van der Waals surface area contributed by atoms with Gasteiger partial charge in [0, 0.05) is 31.7 Å². The standard InChI is InChI=1S/C21H26N4O2/c1-16-10-11-18(14-23-16)24-21(27)19-15-22-12-13-25(19)20(26)9-5-8-17-6-3-2-4-7-17/h2-4,6-7,10-11,14,19,22H,5,8-9,12-13,15H2,1H3,(H,24,27)/t19-/m1/s1. The maximum Gasteiger partial charge on any atom is 0.248 e. The molecule has 1 aromatic carbocycles. The van der Waals surface area contributed by atoms with Gasteiger partial charge in [-0.2, -0.15) is 0 Å². The van der Waals surface area contributed by atoms with Crippen molar-refractivity contribution in [3.63, 3.8) is 0 Å². The van der Waals surface area contributed by atoms with Gasteiger partial charge in [0.05, 0.1) is 11.9 Å². The first kappa shape index (κ1) is 19.0. The van der Waals surface area contributed by atoms with Gasteiger partial charge in [-0.15, -0.1) is 0 Å². The molecule has 1 fully saturated rings. The van der Waals surface area contributed by atoms with Gasteiger partial charge in [-0.05, 0) is 37.5 Å². The van der Waals surface area contributed by atoms with Crippen molar-refractivity contribution in [2.45, 2.75) is 32.2 Å². The Morgan fingerprint density at radius 2 is 2.04 bits per heavy atom. The number of amides is 2. The number of rotatable bonds is 6. The van der Waals surface area contributed by atoms with Crippen LogP contribution in [0, 0.1) is 6.92 Å². The van der Waals surface area contributed by atoms with Gasteiger partial charge in [-0.25, -0.2) is 0 Å². The highest BCUT2D eigenvalue weighted by atomic mass is 16.2. The van der Waals surface area contributed by atoms with Crippen LogP contribution in [-0.4, -0.2) is 47.4 Å². The number of hydrogen-bond acceptors (Lipinski definition) is 4. The monoisotopic (exact) mass is 366 g/mol. The van der Waals surface area contributed by atoms with Gasteiger partial charge >= 0.3 is 0 Å². The Labute approximate surface area is 160 Å². The molecule has 1 aliphatic heterocycles. The van der Waals surface area contributed by atoms with Gasteiger partial charge in [-0.3, -0.25) is 14.6 Å². The van der Waals surface area contributed by atoms with Gasteiger partial charge in [0.1, 0.15) is 6.04 Å². The Bertz CT molecular complexity index is 762. The maximum absolute atomic E-state index is 12.7. The summed E-state index contributed by atoms with van der Waals surface area (Å²) >= 11 is 0. The van der Waals surface area contributed by atoms with E-state index in [2.05, 4.69) is 27.8 Å². The van der Waals surface area contributed by atoms with Gasteiger partial charge in [0.15, 0.2) is 0 Å². The molecule has 6 nitrogen and oxygen atoms in total. The van der Waals surface area contributed by atoms with Crippen LogP contribution in [0.15, 0.2) is 48.7 Å². The summed E-state index contributed by atoms with van der Waals surface area (Å²) in [6.07, 6.45) is 3.73. The largest absolute Gasteiger partial charge is 0.328 e. The van der Waals surface area contributed by atoms with E-state index in [0.29, 0.717) is 31.7 Å². The Morgan fingerprint density at radius 3 is 2.78 bits per heavy atom. The summed E-state index contributed by atoms with van der Waals surface area (Å²) in [5, 5.41) is 6.08. The van der Waals surface area contributed by atoms with Crippen LogP contribution in [0.5, 0.6) is 0 Å². The first-order chi connectivity index (χ1) is 13.1. The molecule has 0 bridgehead atoms. The van der Waals surface area contributed by atoms with Gasteiger partial charge in [0.25, 0.3) is 0 Å². The minimum absolute atomic E-state index is 0.0367. The number of benzene rings is 1. The van der Waals surface area contributed by atoms with Crippen LogP contribution in [0.25, 0.3) is 0 Å². The molecule has 1 atom stereocenters. The van der Waals surface area contributed by atoms with Crippen molar-refractivity contribution in [3.8, 4) is 0 Å². The highest BCUT2D eigenvalue weighted by Crippen LogP contribution is 2.13. The second-order valence-corrected chi connectivity index (χ2v) is 6.82. The summed E-state index contributed by atoms with van der Waals surface area (Å²) in [6.45, 7) is 3.62. The zero-order valence-corrected chi connectivity index (χ0v) is 15.6. The second kappa shape index (κ2) is 9.28. The molecule has 6 heteroatoms. The maximum atomic E-state index is 12.7. The first-order valence-electron chi connectivity index (χ1n) is 9.41. The SMILES string of the molecule is Cc1ccc(NC(=O)[C@H]2CNCCN2C(=O)CCCc2ccccc2)cn1. The lowest BCUT2D eigenvalue weighted by molar-refractivity contribution is -0.139. The first-order valence-corrected chi connectivity index (χ1v) is 9.41. The van der Waals surface area contributed by atoms with Crippen molar-refractivity contribution >= 4 is 17.5 Å². The van der Waals surface area contributed by atoms with Gasteiger partial charge < -0.3 is 15.5 Å². The number of carbonyl (C=O) groups is 2. The van der Waals surface area contributed by atoms with Crippen molar-refractivity contribution in [1.29, 1.82) is 0 Å². The number of pyridine rings is 1. The third-order valence-electron chi connectivity index (χ3n) is 4.74. The van der Waals surface area contributed by atoms with E-state index in [0.717, 1.165) is 18.5 Å². The Balaban J connectivity index is 1.56. The van der Waals surface area contributed by atoms with E-state index in [1.807, 2.05) is 37.3 Å². The number of carbonyl (C=O) groups excluding carboxylic acids is 2. The van der Waals surface area contributed by atoms with Crippen molar-refractivity contribution < 1.29 is 9.59 Å². The molecule has 0 saturated carbocycles. The topological polar surface area (TPSA) is 74.3 Å². The molecule has 1 aromatic heterocycles. The third kappa shape index (κ3) is 5.37. The molecule has 0 spiro atoms. The quantitative estimate of drug-likeness (QED) is 0.822. The molecule has 142 valence electrons. The van der Waals surface area contributed by atoms with Crippen LogP contribution in [0.4, 0.5) is 5.69 Å². The Morgan fingerprint density at radius 1 is 1.22 bits per heavy atom. The highest BCUT2D eigenvalue weighted by Gasteiger charge is 2.31. The molecule has 3 rings (SSSR count). The average Bonchev–Trinajstić information content (AvgIpc) is 2.70. The number of anilines is 1. The van der Waals surface area contributed by atoms with E-state index in [9.17, 15) is 9.59 Å². The van der Waals surface area contributed by atoms with E-state index in [-0.39, 0.29) is 11.8 Å². The van der Waals surface area contributed by atoms with Crippen LogP contribution in [0.3, 0.4) is 0 Å². The molecule has 27 heavy (non-hydrogen) atoms. The number of nitrogens with one attached hydrogen (secondary N) is 2. The number of aryl methyl sites for hydroxylation is 2. The summed E-state index contributed by atoms with van der Waals surface area (Å²) < 4.78 is 0. The number of piperazine rings is 1. The van der Waals surface area contributed by atoms with Crippen LogP contribution >= 0.6 is 0 Å². The lowest BCUT2D eigenvalue weighted by atomic mass is 10.1. The highest BCUT2D eigenvalue weighted by molar-refractivity contribution is 5.97. The molecule has 0 aliphatic carbocycles. The molecular formula is C21H26N4O2. The zero-order chi connectivity index (χ0) is 19.1. The minimum Gasteiger partial charge on any atom is -0.328 e. The molecular weight excluding hydrogens is 340 g/mol. The predicted octanol–water partition coefficient (Wildman–Crippen LogP) is 2.15.